The van der Waals surface area contributed by atoms with Gasteiger partial charge in [-0.3, -0.25) is 0 Å². The third-order valence-electron chi connectivity index (χ3n) is 1.74. The van der Waals surface area contributed by atoms with E-state index in [4.69, 9.17) is 4.74 Å². The number of carbonyl (C=O) groups is 1. The minimum absolute atomic E-state index is 0.177. The molecule has 0 N–H and O–H groups in total. The van der Waals surface area contributed by atoms with E-state index in [1.54, 1.807) is 6.92 Å². The molecule has 4 nitrogen and oxygen atoms in total. The molecule has 5 heteroatoms. The fourth-order valence-electron chi connectivity index (χ4n) is 1.00. The zero-order valence-electron chi connectivity index (χ0n) is 8.95. The topological polar surface area (TPSA) is 38.7 Å². The van der Waals surface area contributed by atoms with Gasteiger partial charge in [-0.15, -0.1) is 0 Å². The molecule has 0 aromatic carbocycles. The number of aliphatic imine (C=N–C) groups is 1. The molecule has 0 fully saturated rings. The monoisotopic (exact) mass is 217 g/mol. The molecule has 0 bridgehead atoms. The van der Waals surface area contributed by atoms with Gasteiger partial charge in [0.1, 0.15) is 0 Å². The molecule has 0 aromatic heterocycles. The van der Waals surface area contributed by atoms with Gasteiger partial charge < -0.3 is 9.22 Å². The van der Waals surface area contributed by atoms with Gasteiger partial charge in [-0.05, 0) is 19.1 Å². The number of carbonyl (C=O) groups excluding carboxylic acids is 1. The maximum absolute atomic E-state index is 11.2. The van der Waals surface area contributed by atoms with E-state index in [1.807, 2.05) is 14.1 Å². The van der Waals surface area contributed by atoms with Crippen LogP contribution < -0.4 is 0 Å². The number of thiocarbonyl (C=S) groups is 1. The predicted molar refractivity (Wildman–Crippen MR) is 58.4 cm³/mol. The Morgan fingerprint density at radius 1 is 1.57 bits per heavy atom. The van der Waals surface area contributed by atoms with E-state index in [2.05, 4.69) is 22.4 Å². The van der Waals surface area contributed by atoms with Crippen LogP contribution in [0.15, 0.2) is 4.99 Å². The summed E-state index contributed by atoms with van der Waals surface area (Å²) in [6.07, 6.45) is 0. The maximum Gasteiger partial charge on any atom is 0.361 e. The summed E-state index contributed by atoms with van der Waals surface area (Å²) in [5.74, 6) is -0.177. The van der Waals surface area contributed by atoms with Gasteiger partial charge in [0.25, 0.3) is 0 Å². The molecule has 0 spiro atoms. The van der Waals surface area contributed by atoms with Crippen molar-refractivity contribution in [2.24, 2.45) is 4.99 Å². The molecule has 0 aliphatic heterocycles. The predicted octanol–water partition coefficient (Wildman–Crippen LogP) is 0.729. The van der Waals surface area contributed by atoms with Gasteiger partial charge in [0.15, 0.2) is 6.54 Å². The van der Waals surface area contributed by atoms with Crippen LogP contribution in [0.25, 0.3) is 0 Å². The van der Waals surface area contributed by atoms with E-state index in [-0.39, 0.29) is 5.97 Å². The van der Waals surface area contributed by atoms with Crippen LogP contribution in [0.2, 0.25) is 0 Å². The first kappa shape index (κ1) is 13.2. The Labute approximate surface area is 90.2 Å². The molecule has 0 saturated heterocycles. The summed E-state index contributed by atoms with van der Waals surface area (Å²) in [6.45, 7) is 3.93. The average molecular weight is 217 g/mol. The van der Waals surface area contributed by atoms with Crippen LogP contribution in [-0.2, 0) is 9.53 Å². The van der Waals surface area contributed by atoms with Gasteiger partial charge in [0, 0.05) is 0 Å². The summed E-state index contributed by atoms with van der Waals surface area (Å²) in [5, 5.41) is 2.30. The number of esters is 1. The summed E-state index contributed by atoms with van der Waals surface area (Å²) in [4.78, 5) is 15.0. The lowest BCUT2D eigenvalue weighted by Gasteiger charge is -2.27. The molecule has 0 amide bonds. The van der Waals surface area contributed by atoms with Crippen LogP contribution in [0.3, 0.4) is 0 Å². The second-order valence-corrected chi connectivity index (χ2v) is 3.78. The van der Waals surface area contributed by atoms with E-state index in [1.165, 1.54) is 0 Å². The van der Waals surface area contributed by atoms with Crippen LogP contribution in [0.4, 0.5) is 0 Å². The van der Waals surface area contributed by atoms with Gasteiger partial charge in [0.2, 0.25) is 0 Å². The summed E-state index contributed by atoms with van der Waals surface area (Å²) in [7, 11) is 3.91. The number of hydrogen-bond acceptors (Lipinski definition) is 4. The van der Waals surface area contributed by atoms with E-state index in [9.17, 15) is 4.79 Å². The lowest BCUT2D eigenvalue weighted by molar-refractivity contribution is -0.881. The Hall–Kier alpha value is -0.770. The standard InChI is InChI=1S/C9H17N2O2S/c1-4-13-9(12)7-11(2,3)6-5-10-8-14/h4-7H2,1-3H3/q+1. The molecule has 0 radical (unpaired) electrons. The molecule has 0 atom stereocenters. The Morgan fingerprint density at radius 2 is 2.21 bits per heavy atom. The van der Waals surface area contributed by atoms with E-state index in [0.717, 1.165) is 6.54 Å². The van der Waals surface area contributed by atoms with Crippen molar-refractivity contribution in [2.45, 2.75) is 6.92 Å². The summed E-state index contributed by atoms with van der Waals surface area (Å²) in [5.41, 5.74) is 0. The number of quaternary nitrogens is 1. The average Bonchev–Trinajstić information content (AvgIpc) is 2.03. The van der Waals surface area contributed by atoms with E-state index >= 15 is 0 Å². The third-order valence-corrected chi connectivity index (χ3v) is 1.87. The third kappa shape index (κ3) is 6.71. The number of isothiocyanates is 1. The molecule has 0 heterocycles. The minimum Gasteiger partial charge on any atom is -0.462 e. The Balaban J connectivity index is 3.92. The van der Waals surface area contributed by atoms with Crippen molar-refractivity contribution in [3.8, 4) is 0 Å². The van der Waals surface area contributed by atoms with Crippen molar-refractivity contribution in [2.75, 3.05) is 40.3 Å². The van der Waals surface area contributed by atoms with Gasteiger partial charge in [-0.25, -0.2) is 9.79 Å². The second kappa shape index (κ2) is 6.65. The normalized spacial score (nSPS) is 10.5. The maximum atomic E-state index is 11.2. The van der Waals surface area contributed by atoms with E-state index in [0.29, 0.717) is 24.2 Å². The molecule has 0 aliphatic carbocycles. The smallest absolute Gasteiger partial charge is 0.361 e. The Bertz CT molecular complexity index is 235. The Morgan fingerprint density at radius 3 is 2.71 bits per heavy atom. The highest BCUT2D eigenvalue weighted by molar-refractivity contribution is 7.78. The molecular weight excluding hydrogens is 200 g/mol. The van der Waals surface area contributed by atoms with Crippen molar-refractivity contribution in [1.29, 1.82) is 0 Å². The summed E-state index contributed by atoms with van der Waals surface area (Å²) >= 11 is 4.45. The zero-order valence-corrected chi connectivity index (χ0v) is 9.76. The van der Waals surface area contributed by atoms with Crippen LogP contribution in [0.5, 0.6) is 0 Å². The van der Waals surface area contributed by atoms with Crippen molar-refractivity contribution in [3.63, 3.8) is 0 Å². The molecule has 80 valence electrons. The largest absolute Gasteiger partial charge is 0.462 e. The van der Waals surface area contributed by atoms with Crippen molar-refractivity contribution in [1.82, 2.24) is 0 Å². The lowest BCUT2D eigenvalue weighted by atomic mass is 10.4. The fraction of sp³-hybridized carbons (Fsp3) is 0.778. The van der Waals surface area contributed by atoms with Gasteiger partial charge in [-0.1, -0.05) is 0 Å². The highest BCUT2D eigenvalue weighted by Gasteiger charge is 2.20. The van der Waals surface area contributed by atoms with Gasteiger partial charge in [-0.2, -0.15) is 0 Å². The van der Waals surface area contributed by atoms with Crippen molar-refractivity contribution >= 4 is 23.3 Å². The number of nitrogens with zero attached hydrogens (tertiary/aromatic N) is 2. The minimum atomic E-state index is -0.177. The first-order valence-corrected chi connectivity index (χ1v) is 4.94. The lowest BCUT2D eigenvalue weighted by Crippen LogP contribution is -2.46. The summed E-state index contributed by atoms with van der Waals surface area (Å²) in [6, 6.07) is 0. The fourth-order valence-corrected chi connectivity index (χ4v) is 1.09. The molecule has 0 aliphatic rings. The molecule has 14 heavy (non-hydrogen) atoms. The van der Waals surface area contributed by atoms with Crippen LogP contribution in [-0.4, -0.2) is 56.0 Å². The van der Waals surface area contributed by atoms with Gasteiger partial charge in [0.05, 0.1) is 39.0 Å². The number of ether oxygens (including phenoxy) is 1. The van der Waals surface area contributed by atoms with Gasteiger partial charge >= 0.3 is 5.97 Å². The van der Waals surface area contributed by atoms with Crippen LogP contribution in [0.1, 0.15) is 6.92 Å². The van der Waals surface area contributed by atoms with E-state index < -0.39 is 0 Å². The molecule has 0 unspecified atom stereocenters. The number of hydrogen-bond donors (Lipinski definition) is 0. The SMILES string of the molecule is CCOC(=O)C[N+](C)(C)CCN=C=S. The molecular formula is C9H17N2O2S+. The number of rotatable bonds is 6. The molecule has 0 rings (SSSR count). The first-order chi connectivity index (χ1) is 6.52. The first-order valence-electron chi connectivity index (χ1n) is 4.53. The second-order valence-electron chi connectivity index (χ2n) is 3.60. The van der Waals surface area contributed by atoms with Crippen molar-refractivity contribution < 1.29 is 14.0 Å². The molecule has 0 aromatic rings. The van der Waals surface area contributed by atoms with Crippen LogP contribution in [0, 0.1) is 0 Å². The van der Waals surface area contributed by atoms with Crippen LogP contribution >= 0.6 is 12.2 Å². The number of likely N-dealkylation sites (N-methyl/N-ethyl adjacent to an activating group) is 1. The zero-order chi connectivity index (χ0) is 11.0. The highest BCUT2D eigenvalue weighted by atomic mass is 32.1. The highest BCUT2D eigenvalue weighted by Crippen LogP contribution is 1.97. The quantitative estimate of drug-likeness (QED) is 0.285. The molecule has 0 saturated carbocycles. The summed E-state index contributed by atoms with van der Waals surface area (Å²) < 4.78 is 5.42. The van der Waals surface area contributed by atoms with Crippen molar-refractivity contribution in [3.05, 3.63) is 0 Å². The Kier molecular flexibility index (Phi) is 6.28.